The van der Waals surface area contributed by atoms with E-state index in [4.69, 9.17) is 0 Å². The number of allylic oxidation sites excluding steroid dienone is 8. The molecule has 0 bridgehead atoms. The Kier molecular flexibility index (Phi) is 39.1. The van der Waals surface area contributed by atoms with E-state index in [1.54, 1.807) is 0 Å². The van der Waals surface area contributed by atoms with Crippen LogP contribution >= 0.6 is 0 Å². The summed E-state index contributed by atoms with van der Waals surface area (Å²) >= 11 is 0. The maximum Gasteiger partial charge on any atom is 0.249 e. The van der Waals surface area contributed by atoms with E-state index in [0.29, 0.717) is 19.3 Å². The lowest BCUT2D eigenvalue weighted by atomic mass is 10.00. The maximum atomic E-state index is 12.5. The zero-order valence-electron chi connectivity index (χ0n) is 34.0. The molecule has 0 aliphatic carbocycles. The van der Waals surface area contributed by atoms with Gasteiger partial charge in [0, 0.05) is 0 Å². The van der Waals surface area contributed by atoms with Crippen molar-refractivity contribution in [2.24, 2.45) is 0 Å². The number of carbonyl (C=O) groups is 1. The van der Waals surface area contributed by atoms with Gasteiger partial charge >= 0.3 is 0 Å². The molecular weight excluding hydrogens is 647 g/mol. The van der Waals surface area contributed by atoms with E-state index in [1.165, 1.54) is 109 Å². The minimum absolute atomic E-state index is 0.343. The predicted octanol–water partition coefficient (Wildman–Crippen LogP) is 11.5. The standard InChI is InChI=1S/C46H85NO5/c1-3-5-7-9-11-13-15-17-19-20-21-22-23-24-26-27-29-31-33-35-37-39-43(49)45(51)42(41-48)47-46(52)44(50)40-38-36-34-32-30-28-25-18-16-14-12-10-8-6-4-2/h20-21,24-26,28,31,33,42-45,48-51H,3-19,22-23,27,29-30,32,34-41H2,1-2H3,(H,47,52)/b21-20+,26-24+,28-25-,33-31+. The van der Waals surface area contributed by atoms with Crippen molar-refractivity contribution in [2.75, 3.05) is 6.61 Å². The second-order valence-electron chi connectivity index (χ2n) is 15.0. The van der Waals surface area contributed by atoms with Gasteiger partial charge in [-0.1, -0.05) is 165 Å². The van der Waals surface area contributed by atoms with Crippen molar-refractivity contribution in [3.05, 3.63) is 48.6 Å². The second kappa shape index (κ2) is 40.5. The highest BCUT2D eigenvalue weighted by molar-refractivity contribution is 5.80. The molecule has 6 nitrogen and oxygen atoms in total. The molecule has 4 atom stereocenters. The SMILES string of the molecule is CCCCCCCCC/C=C\CCCCCCC(O)C(=O)NC(CO)C(O)C(O)CCC/C=C/CC/C=C/CC/C=C/CCCCCCCCCC. The summed E-state index contributed by atoms with van der Waals surface area (Å²) in [6, 6.07) is -1.02. The number of nitrogens with one attached hydrogen (secondary N) is 1. The number of unbranched alkanes of at least 4 members (excludes halogenated alkanes) is 22. The van der Waals surface area contributed by atoms with Gasteiger partial charge in [0.2, 0.25) is 5.91 Å². The molecule has 0 radical (unpaired) electrons. The van der Waals surface area contributed by atoms with E-state index >= 15 is 0 Å². The average Bonchev–Trinajstić information content (AvgIpc) is 3.15. The van der Waals surface area contributed by atoms with Gasteiger partial charge < -0.3 is 25.7 Å². The van der Waals surface area contributed by atoms with Crippen LogP contribution in [0.5, 0.6) is 0 Å². The Balaban J connectivity index is 3.86. The highest BCUT2D eigenvalue weighted by Crippen LogP contribution is 2.14. The molecule has 1 amide bonds. The second-order valence-corrected chi connectivity index (χ2v) is 15.0. The van der Waals surface area contributed by atoms with E-state index in [9.17, 15) is 25.2 Å². The van der Waals surface area contributed by atoms with Crippen LogP contribution in [0.4, 0.5) is 0 Å². The van der Waals surface area contributed by atoms with E-state index in [1.807, 2.05) is 0 Å². The van der Waals surface area contributed by atoms with Gasteiger partial charge in [-0.15, -0.1) is 0 Å². The molecule has 0 aliphatic rings. The number of aliphatic hydroxyl groups excluding tert-OH is 4. The highest BCUT2D eigenvalue weighted by atomic mass is 16.3. The van der Waals surface area contributed by atoms with Gasteiger partial charge in [0.1, 0.15) is 12.2 Å². The van der Waals surface area contributed by atoms with Crippen molar-refractivity contribution >= 4 is 5.91 Å². The first-order valence-electron chi connectivity index (χ1n) is 22.0. The fourth-order valence-electron chi connectivity index (χ4n) is 6.43. The molecule has 304 valence electrons. The molecule has 0 saturated carbocycles. The Morgan fingerprint density at radius 3 is 1.21 bits per heavy atom. The van der Waals surface area contributed by atoms with Gasteiger partial charge in [-0.2, -0.15) is 0 Å². The van der Waals surface area contributed by atoms with Crippen molar-refractivity contribution in [3.8, 4) is 0 Å². The van der Waals surface area contributed by atoms with Gasteiger partial charge in [0.25, 0.3) is 0 Å². The first-order valence-corrected chi connectivity index (χ1v) is 22.0. The smallest absolute Gasteiger partial charge is 0.249 e. The van der Waals surface area contributed by atoms with E-state index < -0.39 is 36.9 Å². The lowest BCUT2D eigenvalue weighted by molar-refractivity contribution is -0.132. The predicted molar refractivity (Wildman–Crippen MR) is 223 cm³/mol. The van der Waals surface area contributed by atoms with Crippen molar-refractivity contribution in [1.29, 1.82) is 0 Å². The summed E-state index contributed by atoms with van der Waals surface area (Å²) in [7, 11) is 0. The van der Waals surface area contributed by atoms with Gasteiger partial charge in [-0.3, -0.25) is 4.79 Å². The minimum atomic E-state index is -1.30. The van der Waals surface area contributed by atoms with Crippen LogP contribution in [0.15, 0.2) is 48.6 Å². The molecule has 6 heteroatoms. The van der Waals surface area contributed by atoms with Crippen LogP contribution in [0.2, 0.25) is 0 Å². The molecule has 0 saturated heterocycles. The molecular formula is C46H85NO5. The quantitative estimate of drug-likeness (QED) is 0.0319. The van der Waals surface area contributed by atoms with Crippen molar-refractivity contribution in [3.63, 3.8) is 0 Å². The Labute approximate surface area is 321 Å². The molecule has 0 heterocycles. The van der Waals surface area contributed by atoms with Gasteiger partial charge in [0.05, 0.1) is 18.8 Å². The molecule has 0 aromatic heterocycles. The number of carbonyl (C=O) groups excluding carboxylic acids is 1. The first-order chi connectivity index (χ1) is 25.5. The van der Waals surface area contributed by atoms with Crippen LogP contribution in [0.1, 0.15) is 206 Å². The number of rotatable bonds is 39. The largest absolute Gasteiger partial charge is 0.394 e. The lowest BCUT2D eigenvalue weighted by Crippen LogP contribution is -2.53. The topological polar surface area (TPSA) is 110 Å². The number of hydrogen-bond acceptors (Lipinski definition) is 5. The normalized spacial score (nSPS) is 14.7. The van der Waals surface area contributed by atoms with Crippen LogP contribution in [0.25, 0.3) is 0 Å². The van der Waals surface area contributed by atoms with Gasteiger partial charge in [0.15, 0.2) is 0 Å². The zero-order valence-corrected chi connectivity index (χ0v) is 34.0. The number of amides is 1. The molecule has 52 heavy (non-hydrogen) atoms. The molecule has 0 aromatic rings. The van der Waals surface area contributed by atoms with E-state index in [2.05, 4.69) is 67.8 Å². The van der Waals surface area contributed by atoms with Gasteiger partial charge in [-0.25, -0.2) is 0 Å². The van der Waals surface area contributed by atoms with Crippen molar-refractivity contribution in [1.82, 2.24) is 5.32 Å². The van der Waals surface area contributed by atoms with Crippen LogP contribution in [0.3, 0.4) is 0 Å². The summed E-state index contributed by atoms with van der Waals surface area (Å²) in [6.07, 6.45) is 48.5. The Hall–Kier alpha value is -1.73. The fraction of sp³-hybridized carbons (Fsp3) is 0.804. The molecule has 4 unspecified atom stereocenters. The Morgan fingerprint density at radius 2 is 0.808 bits per heavy atom. The summed E-state index contributed by atoms with van der Waals surface area (Å²) in [5.41, 5.74) is 0. The third-order valence-electron chi connectivity index (χ3n) is 9.97. The van der Waals surface area contributed by atoms with Crippen molar-refractivity contribution in [2.45, 2.75) is 231 Å². The molecule has 0 aromatic carbocycles. The minimum Gasteiger partial charge on any atom is -0.394 e. The summed E-state index contributed by atoms with van der Waals surface area (Å²) < 4.78 is 0. The third kappa shape index (κ3) is 34.1. The highest BCUT2D eigenvalue weighted by Gasteiger charge is 2.28. The molecule has 0 fully saturated rings. The van der Waals surface area contributed by atoms with E-state index in [0.717, 1.165) is 64.2 Å². The molecule has 0 spiro atoms. The Morgan fingerprint density at radius 1 is 0.462 bits per heavy atom. The molecule has 0 rings (SSSR count). The molecule has 5 N–H and O–H groups in total. The third-order valence-corrected chi connectivity index (χ3v) is 9.97. The maximum absolute atomic E-state index is 12.5. The summed E-state index contributed by atoms with van der Waals surface area (Å²) in [6.45, 7) is 4.01. The first kappa shape index (κ1) is 50.3. The zero-order chi connectivity index (χ0) is 38.2. The molecule has 0 aliphatic heterocycles. The monoisotopic (exact) mass is 732 g/mol. The van der Waals surface area contributed by atoms with Crippen LogP contribution < -0.4 is 5.32 Å². The summed E-state index contributed by atoms with van der Waals surface area (Å²) in [4.78, 5) is 12.5. The number of aliphatic hydroxyl groups is 4. The van der Waals surface area contributed by atoms with E-state index in [-0.39, 0.29) is 0 Å². The fourth-order valence-corrected chi connectivity index (χ4v) is 6.43. The number of hydrogen-bond donors (Lipinski definition) is 5. The summed E-state index contributed by atoms with van der Waals surface area (Å²) in [5, 5.41) is 43.6. The summed E-state index contributed by atoms with van der Waals surface area (Å²) in [5.74, 6) is -0.610. The van der Waals surface area contributed by atoms with Gasteiger partial charge in [-0.05, 0) is 89.9 Å². The van der Waals surface area contributed by atoms with Crippen LogP contribution in [-0.2, 0) is 4.79 Å². The Bertz CT molecular complexity index is 869. The average molecular weight is 732 g/mol. The van der Waals surface area contributed by atoms with Crippen LogP contribution in [0, 0.1) is 0 Å². The lowest BCUT2D eigenvalue weighted by Gasteiger charge is -2.27. The van der Waals surface area contributed by atoms with Crippen molar-refractivity contribution < 1.29 is 25.2 Å². The van der Waals surface area contributed by atoms with Crippen LogP contribution in [-0.4, -0.2) is 57.3 Å².